The summed E-state index contributed by atoms with van der Waals surface area (Å²) < 4.78 is 51.4. The maximum atomic E-state index is 12.3. The van der Waals surface area contributed by atoms with E-state index in [9.17, 15) is 21.6 Å². The van der Waals surface area contributed by atoms with E-state index in [-0.39, 0.29) is 23.5 Å². The molecule has 0 bridgehead atoms. The Kier molecular flexibility index (Phi) is 6.80. The molecular weight excluding hydrogens is 402 g/mol. The zero-order valence-corrected chi connectivity index (χ0v) is 16.6. The third-order valence-corrected chi connectivity index (χ3v) is 5.55. The fourth-order valence-corrected chi connectivity index (χ4v) is 3.79. The number of amides is 1. The first-order valence-corrected chi connectivity index (χ1v) is 11.4. The molecule has 2 rings (SSSR count). The molecule has 0 aliphatic rings. The number of anilines is 1. The van der Waals surface area contributed by atoms with E-state index in [1.54, 1.807) is 24.3 Å². The maximum Gasteiger partial charge on any atom is 0.251 e. The summed E-state index contributed by atoms with van der Waals surface area (Å²) in [4.78, 5) is 12.3. The molecule has 10 heteroatoms. The predicted molar refractivity (Wildman–Crippen MR) is 107 cm³/mol. The fourth-order valence-electron chi connectivity index (χ4n) is 2.26. The van der Waals surface area contributed by atoms with Crippen LogP contribution in [0.25, 0.3) is 0 Å². The first-order chi connectivity index (χ1) is 13.1. The van der Waals surface area contributed by atoms with Crippen LogP contribution in [0.15, 0.2) is 53.4 Å². The Morgan fingerprint density at radius 1 is 1.04 bits per heavy atom. The van der Waals surface area contributed by atoms with E-state index in [4.69, 9.17) is 6.42 Å². The second kappa shape index (κ2) is 8.88. The highest BCUT2D eigenvalue weighted by molar-refractivity contribution is 7.92. The summed E-state index contributed by atoms with van der Waals surface area (Å²) in [5, 5.41) is 2.67. The van der Waals surface area contributed by atoms with Gasteiger partial charge in [-0.3, -0.25) is 9.52 Å². The fraction of sp³-hybridized carbons (Fsp3) is 0.167. The van der Waals surface area contributed by atoms with Crippen LogP contribution in [0.3, 0.4) is 0 Å². The molecule has 0 atom stereocenters. The van der Waals surface area contributed by atoms with Gasteiger partial charge in [0.15, 0.2) is 0 Å². The lowest BCUT2D eigenvalue weighted by Crippen LogP contribution is -2.25. The van der Waals surface area contributed by atoms with E-state index in [1.165, 1.54) is 24.3 Å². The zero-order chi connectivity index (χ0) is 20.8. The number of benzene rings is 2. The van der Waals surface area contributed by atoms with Crippen molar-refractivity contribution in [3.63, 3.8) is 0 Å². The molecule has 0 radical (unpaired) electrons. The molecule has 2 aromatic carbocycles. The Balaban J connectivity index is 2.08. The number of terminal acetylenes is 1. The molecule has 0 aromatic heterocycles. The molecule has 3 N–H and O–H groups in total. The van der Waals surface area contributed by atoms with Gasteiger partial charge >= 0.3 is 0 Å². The van der Waals surface area contributed by atoms with Gasteiger partial charge in [0.05, 0.1) is 23.4 Å². The van der Waals surface area contributed by atoms with Gasteiger partial charge in [-0.05, 0) is 35.9 Å². The van der Waals surface area contributed by atoms with Crippen molar-refractivity contribution in [1.82, 2.24) is 10.0 Å². The van der Waals surface area contributed by atoms with Crippen LogP contribution in [-0.2, 0) is 26.6 Å². The number of para-hydroxylation sites is 1. The number of carbonyl (C=O) groups excluding carboxylic acids is 1. The minimum Gasteiger partial charge on any atom is -0.348 e. The van der Waals surface area contributed by atoms with Crippen LogP contribution < -0.4 is 14.8 Å². The van der Waals surface area contributed by atoms with E-state index in [0.29, 0.717) is 11.3 Å². The summed E-state index contributed by atoms with van der Waals surface area (Å²) in [5.41, 5.74) is 1.20. The first-order valence-electron chi connectivity index (χ1n) is 7.99. The van der Waals surface area contributed by atoms with Crippen molar-refractivity contribution in [3.05, 3.63) is 59.7 Å². The lowest BCUT2D eigenvalue weighted by atomic mass is 10.1. The number of hydrogen-bond donors (Lipinski definition) is 3. The Hall–Kier alpha value is -2.87. The second-order valence-electron chi connectivity index (χ2n) is 5.77. The Bertz CT molecular complexity index is 1100. The third-order valence-electron chi connectivity index (χ3n) is 3.54. The highest BCUT2D eigenvalue weighted by Crippen LogP contribution is 2.16. The highest BCUT2D eigenvalue weighted by atomic mass is 32.2. The SMILES string of the molecule is C#CCNS(=O)(=O)c1ccc(C(=O)NCc2ccccc2NS(C)(=O)=O)cc1. The molecule has 1 amide bonds. The van der Waals surface area contributed by atoms with Gasteiger partial charge in [0.2, 0.25) is 20.0 Å². The van der Waals surface area contributed by atoms with Gasteiger partial charge in [-0.2, -0.15) is 4.72 Å². The van der Waals surface area contributed by atoms with Crippen LogP contribution in [0.2, 0.25) is 0 Å². The van der Waals surface area contributed by atoms with Gasteiger partial charge in [0, 0.05) is 12.1 Å². The van der Waals surface area contributed by atoms with Crippen LogP contribution in [0.4, 0.5) is 5.69 Å². The Morgan fingerprint density at radius 3 is 2.29 bits per heavy atom. The van der Waals surface area contributed by atoms with Crippen molar-refractivity contribution in [2.45, 2.75) is 11.4 Å². The van der Waals surface area contributed by atoms with Crippen LogP contribution in [0.5, 0.6) is 0 Å². The smallest absolute Gasteiger partial charge is 0.251 e. The minimum atomic E-state index is -3.73. The summed E-state index contributed by atoms with van der Waals surface area (Å²) in [6.45, 7) is -0.0488. The lowest BCUT2D eigenvalue weighted by molar-refractivity contribution is 0.0951. The summed E-state index contributed by atoms with van der Waals surface area (Å²) in [7, 11) is -7.19. The molecule has 28 heavy (non-hydrogen) atoms. The van der Waals surface area contributed by atoms with E-state index in [2.05, 4.69) is 20.7 Å². The molecule has 0 saturated carbocycles. The van der Waals surface area contributed by atoms with Crippen molar-refractivity contribution in [2.24, 2.45) is 0 Å². The van der Waals surface area contributed by atoms with Gasteiger partial charge in [-0.25, -0.2) is 16.8 Å². The molecule has 0 fully saturated rings. The van der Waals surface area contributed by atoms with Crippen LogP contribution in [0.1, 0.15) is 15.9 Å². The van der Waals surface area contributed by atoms with E-state index >= 15 is 0 Å². The number of hydrogen-bond acceptors (Lipinski definition) is 5. The quantitative estimate of drug-likeness (QED) is 0.547. The molecule has 0 heterocycles. The Morgan fingerprint density at radius 2 is 1.68 bits per heavy atom. The van der Waals surface area contributed by atoms with E-state index in [0.717, 1.165) is 6.26 Å². The normalized spacial score (nSPS) is 11.4. The lowest BCUT2D eigenvalue weighted by Gasteiger charge is -2.12. The molecule has 148 valence electrons. The summed E-state index contributed by atoms with van der Waals surface area (Å²) in [6.07, 6.45) is 6.07. The highest BCUT2D eigenvalue weighted by Gasteiger charge is 2.14. The molecule has 0 aliphatic carbocycles. The molecule has 0 saturated heterocycles. The molecule has 8 nitrogen and oxygen atoms in total. The van der Waals surface area contributed by atoms with Gasteiger partial charge < -0.3 is 5.32 Å². The van der Waals surface area contributed by atoms with Gasteiger partial charge in [0.1, 0.15) is 0 Å². The second-order valence-corrected chi connectivity index (χ2v) is 9.28. The summed E-state index contributed by atoms with van der Waals surface area (Å²) >= 11 is 0. The first kappa shape index (κ1) is 21.4. The van der Waals surface area contributed by atoms with Gasteiger partial charge in [-0.15, -0.1) is 6.42 Å². The van der Waals surface area contributed by atoms with Crippen molar-refractivity contribution in [1.29, 1.82) is 0 Å². The predicted octanol–water partition coefficient (Wildman–Crippen LogP) is 0.900. The van der Waals surface area contributed by atoms with E-state index in [1.807, 2.05) is 0 Å². The minimum absolute atomic E-state index is 0.0120. The Labute approximate surface area is 164 Å². The van der Waals surface area contributed by atoms with Crippen LogP contribution in [-0.4, -0.2) is 35.5 Å². The van der Waals surface area contributed by atoms with Crippen LogP contribution in [0, 0.1) is 12.3 Å². The van der Waals surface area contributed by atoms with Gasteiger partial charge in [0.25, 0.3) is 5.91 Å². The van der Waals surface area contributed by atoms with Crippen LogP contribution >= 0.6 is 0 Å². The van der Waals surface area contributed by atoms with Crippen molar-refractivity contribution >= 4 is 31.6 Å². The third kappa shape index (κ3) is 6.09. The van der Waals surface area contributed by atoms with E-state index < -0.39 is 26.0 Å². The maximum absolute atomic E-state index is 12.3. The summed E-state index contributed by atoms with van der Waals surface area (Å²) in [5.74, 6) is 1.74. The monoisotopic (exact) mass is 421 g/mol. The van der Waals surface area contributed by atoms with Gasteiger partial charge in [-0.1, -0.05) is 24.1 Å². The molecule has 0 unspecified atom stereocenters. The largest absolute Gasteiger partial charge is 0.348 e. The summed E-state index contributed by atoms with van der Waals surface area (Å²) in [6, 6.07) is 12.0. The van der Waals surface area contributed by atoms with Crippen molar-refractivity contribution in [3.8, 4) is 12.3 Å². The van der Waals surface area contributed by atoms with Crippen molar-refractivity contribution in [2.75, 3.05) is 17.5 Å². The average molecular weight is 422 g/mol. The molecule has 2 aromatic rings. The number of nitrogens with one attached hydrogen (secondary N) is 3. The zero-order valence-electron chi connectivity index (χ0n) is 15.0. The number of carbonyl (C=O) groups is 1. The average Bonchev–Trinajstić information content (AvgIpc) is 2.64. The molecule has 0 spiro atoms. The topological polar surface area (TPSA) is 121 Å². The number of sulfonamides is 2. The molecule has 0 aliphatic heterocycles. The molecular formula is C18H19N3O5S2. The van der Waals surface area contributed by atoms with Crippen molar-refractivity contribution < 1.29 is 21.6 Å². The number of rotatable bonds is 8. The standard InChI is InChI=1S/C18H19N3O5S2/c1-3-12-20-28(25,26)16-10-8-14(9-11-16)18(22)19-13-15-6-4-5-7-17(15)21-27(2,23)24/h1,4-11,20-21H,12-13H2,2H3,(H,19,22).